The van der Waals surface area contributed by atoms with Crippen molar-refractivity contribution < 1.29 is 9.90 Å². The van der Waals surface area contributed by atoms with Crippen LogP contribution in [0.4, 0.5) is 0 Å². The fourth-order valence-electron chi connectivity index (χ4n) is 2.57. The number of hydrogen-bond donors (Lipinski definition) is 2. The first kappa shape index (κ1) is 15.6. The topological polar surface area (TPSA) is 52.6 Å². The van der Waals surface area contributed by atoms with Crippen LogP contribution in [-0.2, 0) is 0 Å². The third kappa shape index (κ3) is 3.85. The normalized spacial score (nSPS) is 18.2. The van der Waals surface area contributed by atoms with Crippen LogP contribution in [0.2, 0.25) is 0 Å². The lowest BCUT2D eigenvalue weighted by atomic mass is 10.1. The molecule has 5 heteroatoms. The highest BCUT2D eigenvalue weighted by Crippen LogP contribution is 2.22. The number of carbonyl (C=O) groups is 1. The minimum absolute atomic E-state index is 0.0656. The molecule has 1 fully saturated rings. The average molecular weight is 388 g/mol. The summed E-state index contributed by atoms with van der Waals surface area (Å²) < 4.78 is 0.958. The van der Waals surface area contributed by atoms with Gasteiger partial charge in [-0.25, -0.2) is 0 Å². The number of aromatic hydroxyl groups is 1. The number of hydrogen-bond acceptors (Lipinski definition) is 3. The molecule has 1 aromatic carbocycles. The first-order valence-corrected chi connectivity index (χ1v) is 8.21. The van der Waals surface area contributed by atoms with E-state index in [1.54, 1.807) is 18.2 Å². The van der Waals surface area contributed by atoms with Gasteiger partial charge in [0.1, 0.15) is 5.75 Å². The molecule has 1 heterocycles. The SMILES string of the molecule is CCCN(CC1CCCN1)C(=O)c1cc(I)ccc1O. The molecule has 0 aliphatic carbocycles. The van der Waals surface area contributed by atoms with E-state index >= 15 is 0 Å². The quantitative estimate of drug-likeness (QED) is 0.763. The van der Waals surface area contributed by atoms with E-state index in [2.05, 4.69) is 34.8 Å². The van der Waals surface area contributed by atoms with Crippen molar-refractivity contribution in [3.05, 3.63) is 27.3 Å². The van der Waals surface area contributed by atoms with Gasteiger partial charge >= 0.3 is 0 Å². The van der Waals surface area contributed by atoms with Crippen molar-refractivity contribution in [1.29, 1.82) is 0 Å². The van der Waals surface area contributed by atoms with E-state index in [4.69, 9.17) is 0 Å². The van der Waals surface area contributed by atoms with E-state index in [0.29, 0.717) is 11.6 Å². The third-order valence-electron chi connectivity index (χ3n) is 3.57. The van der Waals surface area contributed by atoms with Gasteiger partial charge in [0, 0.05) is 22.7 Å². The Balaban J connectivity index is 2.14. The fraction of sp³-hybridized carbons (Fsp3) is 0.533. The van der Waals surface area contributed by atoms with E-state index in [1.807, 2.05) is 4.90 Å². The number of nitrogens with one attached hydrogen (secondary N) is 1. The molecule has 2 rings (SSSR count). The average Bonchev–Trinajstić information content (AvgIpc) is 2.93. The Morgan fingerprint density at radius 1 is 1.55 bits per heavy atom. The second-order valence-electron chi connectivity index (χ2n) is 5.21. The maximum absolute atomic E-state index is 12.6. The van der Waals surface area contributed by atoms with Crippen molar-refractivity contribution in [3.8, 4) is 5.75 Å². The lowest BCUT2D eigenvalue weighted by Crippen LogP contribution is -2.41. The molecule has 0 spiro atoms. The molecular formula is C15H21IN2O2. The van der Waals surface area contributed by atoms with Crippen LogP contribution in [0.25, 0.3) is 0 Å². The zero-order chi connectivity index (χ0) is 14.5. The van der Waals surface area contributed by atoms with Crippen LogP contribution in [0.5, 0.6) is 5.75 Å². The minimum atomic E-state index is -0.0726. The van der Waals surface area contributed by atoms with Gasteiger partial charge in [-0.3, -0.25) is 4.79 Å². The van der Waals surface area contributed by atoms with Crippen molar-refractivity contribution in [1.82, 2.24) is 10.2 Å². The smallest absolute Gasteiger partial charge is 0.257 e. The Kier molecular flexibility index (Phi) is 5.65. The Hall–Kier alpha value is -0.820. The monoisotopic (exact) mass is 388 g/mol. The summed E-state index contributed by atoms with van der Waals surface area (Å²) in [5.74, 6) is -0.00698. The van der Waals surface area contributed by atoms with Gasteiger partial charge < -0.3 is 15.3 Å². The molecule has 2 N–H and O–H groups in total. The summed E-state index contributed by atoms with van der Waals surface area (Å²) >= 11 is 2.16. The van der Waals surface area contributed by atoms with Gasteiger partial charge in [0.05, 0.1) is 5.56 Å². The highest BCUT2D eigenvalue weighted by molar-refractivity contribution is 14.1. The maximum atomic E-state index is 12.6. The molecule has 0 radical (unpaired) electrons. The first-order chi connectivity index (χ1) is 9.61. The number of nitrogens with zero attached hydrogens (tertiary/aromatic N) is 1. The van der Waals surface area contributed by atoms with Gasteiger partial charge in [-0.15, -0.1) is 0 Å². The largest absolute Gasteiger partial charge is 0.507 e. The lowest BCUT2D eigenvalue weighted by Gasteiger charge is -2.26. The molecule has 110 valence electrons. The zero-order valence-electron chi connectivity index (χ0n) is 11.7. The van der Waals surface area contributed by atoms with E-state index in [1.165, 1.54) is 6.42 Å². The third-order valence-corrected chi connectivity index (χ3v) is 4.24. The van der Waals surface area contributed by atoms with E-state index in [0.717, 1.165) is 36.0 Å². The molecule has 1 atom stereocenters. The number of phenols is 1. The van der Waals surface area contributed by atoms with Gasteiger partial charge in [-0.1, -0.05) is 6.92 Å². The summed E-state index contributed by atoms with van der Waals surface area (Å²) in [7, 11) is 0. The first-order valence-electron chi connectivity index (χ1n) is 7.13. The maximum Gasteiger partial charge on any atom is 0.257 e. The number of halogens is 1. The molecule has 1 aromatic rings. The van der Waals surface area contributed by atoms with E-state index in [-0.39, 0.29) is 11.7 Å². The van der Waals surface area contributed by atoms with Crippen LogP contribution in [-0.4, -0.2) is 41.6 Å². The second kappa shape index (κ2) is 7.26. The fourth-order valence-corrected chi connectivity index (χ4v) is 3.07. The Bertz CT molecular complexity index is 473. The van der Waals surface area contributed by atoms with Crippen molar-refractivity contribution in [2.75, 3.05) is 19.6 Å². The molecular weight excluding hydrogens is 367 g/mol. The molecule has 1 aliphatic rings. The molecule has 0 saturated carbocycles. The van der Waals surface area contributed by atoms with Crippen molar-refractivity contribution in [3.63, 3.8) is 0 Å². The predicted octanol–water partition coefficient (Wildman–Crippen LogP) is 2.60. The molecule has 4 nitrogen and oxygen atoms in total. The summed E-state index contributed by atoms with van der Waals surface area (Å²) in [5, 5.41) is 13.3. The number of phenolic OH excluding ortho intramolecular Hbond substituents is 1. The van der Waals surface area contributed by atoms with E-state index in [9.17, 15) is 9.90 Å². The van der Waals surface area contributed by atoms with Crippen LogP contribution in [0.1, 0.15) is 36.5 Å². The van der Waals surface area contributed by atoms with Gasteiger partial charge in [0.2, 0.25) is 0 Å². The van der Waals surface area contributed by atoms with Gasteiger partial charge in [-0.2, -0.15) is 0 Å². The standard InChI is InChI=1S/C15H21IN2O2/c1-2-8-18(10-12-4-3-7-17-12)15(20)13-9-11(16)5-6-14(13)19/h5-6,9,12,17,19H,2-4,7-8,10H2,1H3. The summed E-state index contributed by atoms with van der Waals surface area (Å²) in [6, 6.07) is 5.53. The number of carbonyl (C=O) groups excluding carboxylic acids is 1. The van der Waals surface area contributed by atoms with Gasteiger partial charge in [-0.05, 0) is 66.6 Å². The number of benzene rings is 1. The van der Waals surface area contributed by atoms with Crippen LogP contribution in [0.15, 0.2) is 18.2 Å². The summed E-state index contributed by atoms with van der Waals surface area (Å²) in [4.78, 5) is 14.5. The Labute approximate surface area is 133 Å². The molecule has 1 saturated heterocycles. The second-order valence-corrected chi connectivity index (χ2v) is 6.45. The number of rotatable bonds is 5. The van der Waals surface area contributed by atoms with Crippen LogP contribution in [0, 0.1) is 3.57 Å². The highest BCUT2D eigenvalue weighted by Gasteiger charge is 2.23. The molecule has 1 unspecified atom stereocenters. The van der Waals surface area contributed by atoms with Crippen molar-refractivity contribution >= 4 is 28.5 Å². The minimum Gasteiger partial charge on any atom is -0.507 e. The Morgan fingerprint density at radius 3 is 3.00 bits per heavy atom. The van der Waals surface area contributed by atoms with Crippen molar-refractivity contribution in [2.24, 2.45) is 0 Å². The van der Waals surface area contributed by atoms with Crippen molar-refractivity contribution in [2.45, 2.75) is 32.2 Å². The van der Waals surface area contributed by atoms with Crippen LogP contribution in [0.3, 0.4) is 0 Å². The molecule has 1 aliphatic heterocycles. The van der Waals surface area contributed by atoms with E-state index < -0.39 is 0 Å². The number of amides is 1. The van der Waals surface area contributed by atoms with Crippen LogP contribution < -0.4 is 5.32 Å². The summed E-state index contributed by atoms with van der Waals surface area (Å²) in [6.07, 6.45) is 3.21. The van der Waals surface area contributed by atoms with Gasteiger partial charge in [0.25, 0.3) is 5.91 Å². The van der Waals surface area contributed by atoms with Crippen LogP contribution >= 0.6 is 22.6 Å². The highest BCUT2D eigenvalue weighted by atomic mass is 127. The predicted molar refractivity (Wildman–Crippen MR) is 88.0 cm³/mol. The Morgan fingerprint density at radius 2 is 2.35 bits per heavy atom. The van der Waals surface area contributed by atoms with Gasteiger partial charge in [0.15, 0.2) is 0 Å². The molecule has 0 aromatic heterocycles. The molecule has 1 amide bonds. The zero-order valence-corrected chi connectivity index (χ0v) is 13.9. The molecule has 0 bridgehead atoms. The summed E-state index contributed by atoms with van der Waals surface area (Å²) in [6.45, 7) is 4.55. The lowest BCUT2D eigenvalue weighted by molar-refractivity contribution is 0.0738. The summed E-state index contributed by atoms with van der Waals surface area (Å²) in [5.41, 5.74) is 0.406. The molecule has 20 heavy (non-hydrogen) atoms.